The first-order chi connectivity index (χ1) is 6.78. The van der Waals surface area contributed by atoms with Crippen LogP contribution in [0.15, 0.2) is 0 Å². The maximum atomic E-state index is 5.38. The van der Waals surface area contributed by atoms with E-state index in [1.165, 1.54) is 38.5 Å². The van der Waals surface area contributed by atoms with Crippen LogP contribution < -0.4 is 5.32 Å². The van der Waals surface area contributed by atoms with Gasteiger partial charge in [0.05, 0.1) is 6.10 Å². The highest BCUT2D eigenvalue weighted by Gasteiger charge is 2.28. The SMILES string of the molecule is COC1CCC(NC(C)CC2CC2)C1. The molecule has 0 aromatic heterocycles. The van der Waals surface area contributed by atoms with E-state index < -0.39 is 0 Å². The topological polar surface area (TPSA) is 21.3 Å². The molecule has 3 unspecified atom stereocenters. The van der Waals surface area contributed by atoms with Crippen LogP contribution in [0, 0.1) is 5.92 Å². The van der Waals surface area contributed by atoms with E-state index in [1.807, 2.05) is 7.11 Å². The zero-order valence-electron chi connectivity index (χ0n) is 9.46. The molecular weight excluding hydrogens is 174 g/mol. The lowest BCUT2D eigenvalue weighted by molar-refractivity contribution is 0.106. The highest BCUT2D eigenvalue weighted by molar-refractivity contribution is 4.85. The first-order valence-electron chi connectivity index (χ1n) is 6.06. The third kappa shape index (κ3) is 2.96. The fourth-order valence-electron chi connectivity index (χ4n) is 2.63. The highest BCUT2D eigenvalue weighted by atomic mass is 16.5. The second-order valence-corrected chi connectivity index (χ2v) is 5.11. The Morgan fingerprint density at radius 1 is 1.29 bits per heavy atom. The molecule has 82 valence electrons. The van der Waals surface area contributed by atoms with E-state index >= 15 is 0 Å². The molecule has 0 spiro atoms. The molecule has 1 N–H and O–H groups in total. The van der Waals surface area contributed by atoms with Crippen LogP contribution in [0.2, 0.25) is 0 Å². The lowest BCUT2D eigenvalue weighted by atomic mass is 10.1. The van der Waals surface area contributed by atoms with Gasteiger partial charge >= 0.3 is 0 Å². The van der Waals surface area contributed by atoms with Crippen molar-refractivity contribution in [1.82, 2.24) is 5.32 Å². The van der Waals surface area contributed by atoms with E-state index in [-0.39, 0.29) is 0 Å². The number of hydrogen-bond acceptors (Lipinski definition) is 2. The summed E-state index contributed by atoms with van der Waals surface area (Å²) >= 11 is 0. The number of methoxy groups -OCH3 is 1. The van der Waals surface area contributed by atoms with Crippen molar-refractivity contribution in [2.45, 2.75) is 63.6 Å². The quantitative estimate of drug-likeness (QED) is 0.730. The van der Waals surface area contributed by atoms with Crippen molar-refractivity contribution in [2.24, 2.45) is 5.92 Å². The zero-order chi connectivity index (χ0) is 9.97. The van der Waals surface area contributed by atoms with Gasteiger partial charge < -0.3 is 10.1 Å². The molecule has 2 rings (SSSR count). The smallest absolute Gasteiger partial charge is 0.0586 e. The van der Waals surface area contributed by atoms with Gasteiger partial charge in [-0.1, -0.05) is 12.8 Å². The second kappa shape index (κ2) is 4.63. The van der Waals surface area contributed by atoms with Gasteiger partial charge in [0.1, 0.15) is 0 Å². The molecule has 0 aromatic rings. The van der Waals surface area contributed by atoms with Crippen molar-refractivity contribution in [3.05, 3.63) is 0 Å². The molecule has 2 nitrogen and oxygen atoms in total. The molecule has 0 aliphatic heterocycles. The molecular formula is C12H23NO. The molecule has 0 bridgehead atoms. The normalized spacial score (nSPS) is 34.7. The van der Waals surface area contributed by atoms with Crippen LogP contribution in [0.25, 0.3) is 0 Å². The van der Waals surface area contributed by atoms with E-state index in [9.17, 15) is 0 Å². The van der Waals surface area contributed by atoms with E-state index in [1.54, 1.807) is 0 Å². The minimum absolute atomic E-state index is 0.514. The summed E-state index contributed by atoms with van der Waals surface area (Å²) in [5, 5.41) is 3.73. The number of rotatable bonds is 5. The Morgan fingerprint density at radius 2 is 2.07 bits per heavy atom. The van der Waals surface area contributed by atoms with E-state index in [2.05, 4.69) is 12.2 Å². The van der Waals surface area contributed by atoms with Gasteiger partial charge in [-0.25, -0.2) is 0 Å². The van der Waals surface area contributed by atoms with Crippen molar-refractivity contribution >= 4 is 0 Å². The number of ether oxygens (including phenoxy) is 1. The summed E-state index contributed by atoms with van der Waals surface area (Å²) in [6.07, 6.45) is 8.59. The Hall–Kier alpha value is -0.0800. The number of nitrogens with one attached hydrogen (secondary N) is 1. The molecule has 2 fully saturated rings. The Balaban J connectivity index is 1.64. The molecule has 3 atom stereocenters. The fourth-order valence-corrected chi connectivity index (χ4v) is 2.63. The zero-order valence-corrected chi connectivity index (χ0v) is 9.46. The summed E-state index contributed by atoms with van der Waals surface area (Å²) in [4.78, 5) is 0. The Morgan fingerprint density at radius 3 is 2.64 bits per heavy atom. The molecule has 0 saturated heterocycles. The molecule has 2 saturated carbocycles. The summed E-state index contributed by atoms with van der Waals surface area (Å²) in [5.74, 6) is 1.04. The molecule has 2 aliphatic rings. The first kappa shape index (κ1) is 10.4. The summed E-state index contributed by atoms with van der Waals surface area (Å²) in [6, 6.07) is 1.43. The third-order valence-electron chi connectivity index (χ3n) is 3.62. The predicted molar refractivity (Wildman–Crippen MR) is 58.4 cm³/mol. The molecule has 2 heteroatoms. The van der Waals surface area contributed by atoms with Crippen LogP contribution >= 0.6 is 0 Å². The van der Waals surface area contributed by atoms with Crippen LogP contribution in [-0.4, -0.2) is 25.3 Å². The fraction of sp³-hybridized carbons (Fsp3) is 1.00. The lowest BCUT2D eigenvalue weighted by Gasteiger charge is -2.19. The number of hydrogen-bond donors (Lipinski definition) is 1. The minimum atomic E-state index is 0.514. The molecule has 0 heterocycles. The maximum absolute atomic E-state index is 5.38. The van der Waals surface area contributed by atoms with E-state index in [0.29, 0.717) is 18.2 Å². The molecule has 0 aromatic carbocycles. The summed E-state index contributed by atoms with van der Waals surface area (Å²) in [6.45, 7) is 2.33. The van der Waals surface area contributed by atoms with Crippen LogP contribution in [0.3, 0.4) is 0 Å². The van der Waals surface area contributed by atoms with Crippen molar-refractivity contribution < 1.29 is 4.74 Å². The van der Waals surface area contributed by atoms with Gasteiger partial charge in [-0.15, -0.1) is 0 Å². The van der Waals surface area contributed by atoms with Gasteiger partial charge in [-0.3, -0.25) is 0 Å². The van der Waals surface area contributed by atoms with Gasteiger partial charge in [0.25, 0.3) is 0 Å². The van der Waals surface area contributed by atoms with Gasteiger partial charge in [-0.05, 0) is 38.5 Å². The van der Waals surface area contributed by atoms with Gasteiger partial charge in [0.15, 0.2) is 0 Å². The average Bonchev–Trinajstić information content (AvgIpc) is 2.83. The van der Waals surface area contributed by atoms with Crippen molar-refractivity contribution in [1.29, 1.82) is 0 Å². The van der Waals surface area contributed by atoms with Crippen molar-refractivity contribution in [3.63, 3.8) is 0 Å². The Labute approximate surface area is 87.4 Å². The molecule has 14 heavy (non-hydrogen) atoms. The summed E-state index contributed by atoms with van der Waals surface area (Å²) in [5.41, 5.74) is 0. The lowest BCUT2D eigenvalue weighted by Crippen LogP contribution is -2.35. The monoisotopic (exact) mass is 197 g/mol. The summed E-state index contributed by atoms with van der Waals surface area (Å²) in [7, 11) is 1.83. The predicted octanol–water partition coefficient (Wildman–Crippen LogP) is 2.33. The van der Waals surface area contributed by atoms with E-state index in [0.717, 1.165) is 5.92 Å². The van der Waals surface area contributed by atoms with Gasteiger partial charge in [-0.2, -0.15) is 0 Å². The van der Waals surface area contributed by atoms with Crippen LogP contribution in [0.4, 0.5) is 0 Å². The van der Waals surface area contributed by atoms with Crippen LogP contribution in [0.1, 0.15) is 45.4 Å². The van der Waals surface area contributed by atoms with Crippen molar-refractivity contribution in [2.75, 3.05) is 7.11 Å². The molecule has 2 aliphatic carbocycles. The van der Waals surface area contributed by atoms with Crippen LogP contribution in [0.5, 0.6) is 0 Å². The largest absolute Gasteiger partial charge is 0.381 e. The molecule has 0 amide bonds. The minimum Gasteiger partial charge on any atom is -0.381 e. The average molecular weight is 197 g/mol. The van der Waals surface area contributed by atoms with Crippen molar-refractivity contribution in [3.8, 4) is 0 Å². The first-order valence-corrected chi connectivity index (χ1v) is 6.06. The summed E-state index contributed by atoms with van der Waals surface area (Å²) < 4.78 is 5.38. The van der Waals surface area contributed by atoms with Gasteiger partial charge in [0.2, 0.25) is 0 Å². The third-order valence-corrected chi connectivity index (χ3v) is 3.62. The maximum Gasteiger partial charge on any atom is 0.0586 e. The van der Waals surface area contributed by atoms with Crippen LogP contribution in [-0.2, 0) is 4.74 Å². The highest BCUT2D eigenvalue weighted by Crippen LogP contribution is 2.33. The van der Waals surface area contributed by atoms with E-state index in [4.69, 9.17) is 4.74 Å². The Kier molecular flexibility index (Phi) is 3.45. The Bertz CT molecular complexity index is 179. The second-order valence-electron chi connectivity index (χ2n) is 5.11. The standard InChI is InChI=1S/C12H23NO/c1-9(7-10-3-4-10)13-11-5-6-12(8-11)14-2/h9-13H,3-8H2,1-2H3. The molecule has 0 radical (unpaired) electrons. The van der Waals surface area contributed by atoms with Gasteiger partial charge in [0, 0.05) is 19.2 Å².